The topological polar surface area (TPSA) is 77.0 Å². The van der Waals surface area contributed by atoms with Crippen molar-refractivity contribution in [2.24, 2.45) is 0 Å². The number of hydrogen-bond donors (Lipinski definition) is 1. The van der Waals surface area contributed by atoms with Gasteiger partial charge in [-0.15, -0.1) is 0 Å². The van der Waals surface area contributed by atoms with E-state index in [2.05, 4.69) is 20.3 Å². The summed E-state index contributed by atoms with van der Waals surface area (Å²) in [7, 11) is 0. The summed E-state index contributed by atoms with van der Waals surface area (Å²) in [6.45, 7) is 5.91. The zero-order valence-electron chi connectivity index (χ0n) is 18.1. The molecule has 0 aliphatic carbocycles. The highest BCUT2D eigenvalue weighted by atomic mass is 19.1. The molecule has 2 aromatic carbocycles. The number of carbonyl (C=O) groups is 1. The minimum Gasteiger partial charge on any atom is -0.489 e. The second-order valence-corrected chi connectivity index (χ2v) is 7.63. The van der Waals surface area contributed by atoms with Gasteiger partial charge in [0.2, 0.25) is 0 Å². The lowest BCUT2D eigenvalue weighted by Gasteiger charge is -2.16. The summed E-state index contributed by atoms with van der Waals surface area (Å²) in [6.07, 6.45) is 3.48. The maximum Gasteiger partial charge on any atom is 0.254 e. The Morgan fingerprint density at radius 1 is 1.09 bits per heavy atom. The van der Waals surface area contributed by atoms with Crippen LogP contribution in [0.5, 0.6) is 5.75 Å². The lowest BCUT2D eigenvalue weighted by molar-refractivity contribution is 0.0941. The molecule has 0 saturated heterocycles. The molecule has 0 aliphatic heterocycles. The minimum absolute atomic E-state index is 0.166. The zero-order chi connectivity index (χ0) is 22.7. The molecule has 0 saturated carbocycles. The first-order valence-electron chi connectivity index (χ1n) is 10.3. The number of amides is 1. The van der Waals surface area contributed by atoms with E-state index in [9.17, 15) is 9.18 Å². The summed E-state index contributed by atoms with van der Waals surface area (Å²) in [5.41, 5.74) is 4.19. The Morgan fingerprint density at radius 3 is 2.56 bits per heavy atom. The average Bonchev–Trinajstić information content (AvgIpc) is 2.79. The predicted molar refractivity (Wildman–Crippen MR) is 120 cm³/mol. The first-order valence-corrected chi connectivity index (χ1v) is 10.3. The van der Waals surface area contributed by atoms with Gasteiger partial charge >= 0.3 is 0 Å². The Labute approximate surface area is 185 Å². The summed E-state index contributed by atoms with van der Waals surface area (Å²) < 4.78 is 19.9. The van der Waals surface area contributed by atoms with Crippen LogP contribution in [0, 0.1) is 19.7 Å². The molecule has 2 heterocycles. The number of nitrogens with zero attached hydrogens (tertiary/aromatic N) is 3. The van der Waals surface area contributed by atoms with Crippen LogP contribution in [-0.4, -0.2) is 20.9 Å². The summed E-state index contributed by atoms with van der Waals surface area (Å²) >= 11 is 0. The van der Waals surface area contributed by atoms with Crippen LogP contribution in [0.4, 0.5) is 4.39 Å². The second kappa shape index (κ2) is 9.09. The van der Waals surface area contributed by atoms with Crippen molar-refractivity contribution in [3.05, 3.63) is 94.8 Å². The van der Waals surface area contributed by atoms with E-state index in [0.717, 1.165) is 11.1 Å². The second-order valence-electron chi connectivity index (χ2n) is 7.63. The molecule has 1 N–H and O–H groups in total. The fraction of sp³-hybridized carbons (Fsp3) is 0.200. The molecule has 4 rings (SSSR count). The molecular formula is C25H23FN4O2. The molecule has 7 heteroatoms. The number of nitrogens with one attached hydrogen (secondary N) is 1. The van der Waals surface area contributed by atoms with Crippen LogP contribution in [0.25, 0.3) is 11.0 Å². The van der Waals surface area contributed by atoms with Crippen molar-refractivity contribution in [3.63, 3.8) is 0 Å². The first kappa shape index (κ1) is 21.4. The lowest BCUT2D eigenvalue weighted by Crippen LogP contribution is -2.27. The van der Waals surface area contributed by atoms with Gasteiger partial charge < -0.3 is 10.1 Å². The van der Waals surface area contributed by atoms with Gasteiger partial charge in [0, 0.05) is 24.0 Å². The molecule has 0 bridgehead atoms. The summed E-state index contributed by atoms with van der Waals surface area (Å²) in [5, 5.41) is 2.92. The predicted octanol–water partition coefficient (Wildman–Crippen LogP) is 4.85. The van der Waals surface area contributed by atoms with Gasteiger partial charge in [-0.05, 0) is 50.6 Å². The molecule has 0 radical (unpaired) electrons. The lowest BCUT2D eigenvalue weighted by atomic mass is 10.1. The summed E-state index contributed by atoms with van der Waals surface area (Å²) in [6, 6.07) is 13.5. The number of benzene rings is 2. The Hall–Kier alpha value is -3.87. The normalized spacial score (nSPS) is 11.9. The number of ether oxygens (including phenoxy) is 1. The van der Waals surface area contributed by atoms with E-state index >= 15 is 0 Å². The van der Waals surface area contributed by atoms with Gasteiger partial charge in [0.05, 0.1) is 28.5 Å². The van der Waals surface area contributed by atoms with Crippen LogP contribution < -0.4 is 10.1 Å². The third kappa shape index (κ3) is 4.72. The smallest absolute Gasteiger partial charge is 0.254 e. The molecule has 1 unspecified atom stereocenters. The molecule has 1 amide bonds. The van der Waals surface area contributed by atoms with Crippen LogP contribution in [0.2, 0.25) is 0 Å². The quantitative estimate of drug-likeness (QED) is 0.473. The van der Waals surface area contributed by atoms with Crippen LogP contribution in [0.1, 0.15) is 45.8 Å². The highest BCUT2D eigenvalue weighted by Gasteiger charge is 2.18. The fourth-order valence-corrected chi connectivity index (χ4v) is 3.33. The van der Waals surface area contributed by atoms with Crippen LogP contribution in [0.15, 0.2) is 60.9 Å². The number of pyridine rings is 1. The van der Waals surface area contributed by atoms with Crippen LogP contribution in [-0.2, 0) is 6.61 Å². The molecule has 32 heavy (non-hydrogen) atoms. The summed E-state index contributed by atoms with van der Waals surface area (Å²) in [4.78, 5) is 25.8. The standard InChI is InChI=1S/C25H23FN4O2/c1-15-16(2)29-24-22(11-20(26)12-23(24)28-15)25(31)30-17(3)19-6-8-21(9-7-19)32-14-18-5-4-10-27-13-18/h4-13,17H,14H2,1-3H3,(H,30,31). The van der Waals surface area contributed by atoms with Crippen molar-refractivity contribution in [3.8, 4) is 5.75 Å². The van der Waals surface area contributed by atoms with E-state index < -0.39 is 11.7 Å². The molecule has 0 fully saturated rings. The molecule has 1 atom stereocenters. The van der Waals surface area contributed by atoms with Crippen LogP contribution >= 0.6 is 0 Å². The van der Waals surface area contributed by atoms with Crippen molar-refractivity contribution in [1.29, 1.82) is 0 Å². The highest BCUT2D eigenvalue weighted by molar-refractivity contribution is 6.04. The van der Waals surface area contributed by atoms with Gasteiger partial charge in [-0.25, -0.2) is 14.4 Å². The third-order valence-electron chi connectivity index (χ3n) is 5.25. The molecule has 2 aromatic heterocycles. The molecule has 162 valence electrons. The van der Waals surface area contributed by atoms with Crippen molar-refractivity contribution in [2.45, 2.75) is 33.4 Å². The van der Waals surface area contributed by atoms with Gasteiger partial charge in [0.15, 0.2) is 0 Å². The Morgan fingerprint density at radius 2 is 1.84 bits per heavy atom. The van der Waals surface area contributed by atoms with Gasteiger partial charge in [0.25, 0.3) is 5.91 Å². The van der Waals surface area contributed by atoms with Gasteiger partial charge in [0.1, 0.15) is 23.7 Å². The Bertz CT molecular complexity index is 1260. The van der Waals surface area contributed by atoms with Gasteiger partial charge in [-0.2, -0.15) is 0 Å². The van der Waals surface area contributed by atoms with E-state index in [0.29, 0.717) is 34.8 Å². The Balaban J connectivity index is 1.47. The van der Waals surface area contributed by atoms with E-state index in [1.54, 1.807) is 19.3 Å². The molecule has 0 aliphatic rings. The number of aryl methyl sites for hydroxylation is 2. The maximum absolute atomic E-state index is 14.1. The molecule has 4 aromatic rings. The molecular weight excluding hydrogens is 407 g/mol. The maximum atomic E-state index is 14.1. The first-order chi connectivity index (χ1) is 15.4. The van der Waals surface area contributed by atoms with Gasteiger partial charge in [-0.3, -0.25) is 9.78 Å². The largest absolute Gasteiger partial charge is 0.489 e. The van der Waals surface area contributed by atoms with E-state index in [1.165, 1.54) is 12.1 Å². The number of halogens is 1. The number of aromatic nitrogens is 3. The number of hydrogen-bond acceptors (Lipinski definition) is 5. The number of fused-ring (bicyclic) bond motifs is 1. The summed E-state index contributed by atoms with van der Waals surface area (Å²) in [5.74, 6) is -0.215. The van der Waals surface area contributed by atoms with Gasteiger partial charge in [-0.1, -0.05) is 18.2 Å². The zero-order valence-corrected chi connectivity index (χ0v) is 18.1. The van der Waals surface area contributed by atoms with Crippen LogP contribution in [0.3, 0.4) is 0 Å². The van der Waals surface area contributed by atoms with Crippen molar-refractivity contribution in [2.75, 3.05) is 0 Å². The Kier molecular flexibility index (Phi) is 6.07. The number of carbonyl (C=O) groups excluding carboxylic acids is 1. The van der Waals surface area contributed by atoms with E-state index in [-0.39, 0.29) is 11.6 Å². The highest BCUT2D eigenvalue weighted by Crippen LogP contribution is 2.22. The third-order valence-corrected chi connectivity index (χ3v) is 5.25. The van der Waals surface area contributed by atoms with Crippen molar-refractivity contribution >= 4 is 16.9 Å². The van der Waals surface area contributed by atoms with Crippen molar-refractivity contribution < 1.29 is 13.9 Å². The minimum atomic E-state index is -0.525. The fourth-order valence-electron chi connectivity index (χ4n) is 3.33. The molecule has 6 nitrogen and oxygen atoms in total. The van der Waals surface area contributed by atoms with E-state index in [1.807, 2.05) is 50.2 Å². The monoisotopic (exact) mass is 430 g/mol. The van der Waals surface area contributed by atoms with Crippen molar-refractivity contribution in [1.82, 2.24) is 20.3 Å². The SMILES string of the molecule is Cc1nc2cc(F)cc(C(=O)NC(C)c3ccc(OCc4cccnc4)cc3)c2nc1C. The number of rotatable bonds is 6. The molecule has 0 spiro atoms. The van der Waals surface area contributed by atoms with E-state index in [4.69, 9.17) is 4.74 Å². The average molecular weight is 430 g/mol.